The van der Waals surface area contributed by atoms with E-state index in [9.17, 15) is 35.9 Å². The summed E-state index contributed by atoms with van der Waals surface area (Å²) >= 11 is 5.56. The minimum absolute atomic E-state index is 0.0141. The van der Waals surface area contributed by atoms with Crippen molar-refractivity contribution in [3.05, 3.63) is 53.6 Å². The fraction of sp³-hybridized carbons (Fsp3) is 0.267. The van der Waals surface area contributed by atoms with Crippen molar-refractivity contribution in [2.24, 2.45) is 0 Å². The molecule has 0 atom stereocenters. The minimum atomic E-state index is -5.41. The molecule has 5 nitrogen and oxygen atoms in total. The molecule has 0 bridgehead atoms. The molecule has 1 rings (SSSR count). The van der Waals surface area contributed by atoms with Gasteiger partial charge in [-0.1, -0.05) is 23.7 Å². The third-order valence-electron chi connectivity index (χ3n) is 2.88. The lowest BCUT2D eigenvalue weighted by Gasteiger charge is -2.27. The number of pyridine rings is 1. The Hall–Kier alpha value is -2.56. The average Bonchev–Trinajstić information content (AvgIpc) is 2.55. The number of hydrogen-bond donors (Lipinski definition) is 1. The monoisotopic (exact) mass is 415 g/mol. The molecule has 0 aliphatic rings. The predicted octanol–water partition coefficient (Wildman–Crippen LogP) is 3.37. The summed E-state index contributed by atoms with van der Waals surface area (Å²) in [6, 6.07) is 2.44. The normalized spacial score (nSPS) is 12.5. The summed E-state index contributed by atoms with van der Waals surface area (Å²) in [5.41, 5.74) is 0.0303. The highest BCUT2D eigenvalue weighted by Crippen LogP contribution is 2.24. The zero-order chi connectivity index (χ0) is 20.8. The summed E-state index contributed by atoms with van der Waals surface area (Å²) in [5.74, 6) is -5.91. The third kappa shape index (κ3) is 6.93. The highest BCUT2D eigenvalue weighted by molar-refractivity contribution is 6.29. The van der Waals surface area contributed by atoms with Crippen molar-refractivity contribution in [1.82, 2.24) is 15.2 Å². The van der Waals surface area contributed by atoms with Crippen LogP contribution in [0.1, 0.15) is 5.56 Å². The summed E-state index contributed by atoms with van der Waals surface area (Å²) in [7, 11) is 0. The van der Waals surface area contributed by atoms with Crippen molar-refractivity contribution in [3.8, 4) is 0 Å². The first-order valence-electron chi connectivity index (χ1n) is 7.03. The smallest absolute Gasteiger partial charge is 0.368 e. The van der Waals surface area contributed by atoms with Crippen molar-refractivity contribution in [3.63, 3.8) is 0 Å². The van der Waals surface area contributed by atoms with E-state index < -0.39 is 36.4 Å². The van der Waals surface area contributed by atoms with E-state index in [-0.39, 0.29) is 28.2 Å². The summed E-state index contributed by atoms with van der Waals surface area (Å²) in [6.07, 6.45) is -8.72. The van der Waals surface area contributed by atoms with Crippen LogP contribution in [0.15, 0.2) is 42.9 Å². The van der Waals surface area contributed by atoms with E-state index in [1.165, 1.54) is 12.1 Å². The molecule has 0 unspecified atom stereocenters. The second-order valence-electron chi connectivity index (χ2n) is 4.94. The predicted molar refractivity (Wildman–Crippen MR) is 83.2 cm³/mol. The zero-order valence-electron chi connectivity index (χ0n) is 13.4. The van der Waals surface area contributed by atoms with Crippen molar-refractivity contribution >= 4 is 23.3 Å². The van der Waals surface area contributed by atoms with Crippen LogP contribution in [0.4, 0.5) is 26.3 Å². The lowest BCUT2D eigenvalue weighted by molar-refractivity contribution is -0.184. The maximum absolute atomic E-state index is 12.9. The number of allylic oxidation sites excluding steroid dienone is 1. The van der Waals surface area contributed by atoms with Gasteiger partial charge in [-0.3, -0.25) is 14.5 Å². The quantitative estimate of drug-likeness (QED) is 0.321. The largest absolute Gasteiger partial charge is 0.471 e. The molecule has 1 aromatic heterocycles. The number of nitrogens with zero attached hydrogens (tertiary/aromatic N) is 2. The van der Waals surface area contributed by atoms with Crippen LogP contribution in [0, 0.1) is 0 Å². The van der Waals surface area contributed by atoms with Gasteiger partial charge in [0.15, 0.2) is 0 Å². The van der Waals surface area contributed by atoms with E-state index in [4.69, 9.17) is 11.6 Å². The van der Waals surface area contributed by atoms with Crippen LogP contribution in [0.3, 0.4) is 0 Å². The van der Waals surface area contributed by atoms with Crippen molar-refractivity contribution in [2.45, 2.75) is 18.9 Å². The van der Waals surface area contributed by atoms with Crippen LogP contribution in [0.5, 0.6) is 0 Å². The Morgan fingerprint density at radius 3 is 2.26 bits per heavy atom. The van der Waals surface area contributed by atoms with Gasteiger partial charge in [0.25, 0.3) is 5.78 Å². The van der Waals surface area contributed by atoms with E-state index in [0.29, 0.717) is 0 Å². The molecule has 12 heteroatoms. The fourth-order valence-electron chi connectivity index (χ4n) is 1.71. The van der Waals surface area contributed by atoms with Crippen molar-refractivity contribution in [1.29, 1.82) is 0 Å². The molecular formula is C15H12ClF6N3O2. The van der Waals surface area contributed by atoms with Gasteiger partial charge in [-0.25, -0.2) is 4.98 Å². The molecule has 0 saturated heterocycles. The molecule has 1 heterocycles. The Labute approximate surface area is 154 Å². The fourth-order valence-corrected chi connectivity index (χ4v) is 1.82. The number of hydrogen-bond acceptors (Lipinski definition) is 4. The van der Waals surface area contributed by atoms with Gasteiger partial charge in [0.05, 0.1) is 6.54 Å². The number of halogens is 7. The lowest BCUT2D eigenvalue weighted by atomic mass is 10.2. The summed E-state index contributed by atoms with van der Waals surface area (Å²) in [4.78, 5) is 26.5. The second-order valence-corrected chi connectivity index (χ2v) is 5.33. The molecule has 1 amide bonds. The highest BCUT2D eigenvalue weighted by Gasteiger charge is 2.45. The van der Waals surface area contributed by atoms with Gasteiger partial charge < -0.3 is 5.32 Å². The Balaban J connectivity index is 3.37. The van der Waals surface area contributed by atoms with Gasteiger partial charge in [0, 0.05) is 18.8 Å². The van der Waals surface area contributed by atoms with E-state index in [1.54, 1.807) is 0 Å². The van der Waals surface area contributed by atoms with E-state index >= 15 is 0 Å². The van der Waals surface area contributed by atoms with Crippen LogP contribution in [0.25, 0.3) is 0 Å². The third-order valence-corrected chi connectivity index (χ3v) is 3.11. The van der Waals surface area contributed by atoms with Crippen LogP contribution >= 0.6 is 11.6 Å². The molecule has 0 aromatic carbocycles. The van der Waals surface area contributed by atoms with Crippen LogP contribution in [0.2, 0.25) is 5.15 Å². The molecule has 1 N–H and O–H groups in total. The standard InChI is InChI=1S/C15H12ClF6N3O2/c1-2-5-23-12(6-10(26)14(17,18)19)25(13(27)15(20,21)22)8-9-3-4-11(16)24-7-9/h2-4,6-7,23H,1,5,8H2. The molecule has 0 aliphatic heterocycles. The molecule has 0 fully saturated rings. The SMILES string of the molecule is C=CCNC(=CC(=O)C(F)(F)F)N(Cc1ccc(Cl)nc1)C(=O)C(F)(F)F. The molecule has 0 spiro atoms. The number of ketones is 1. The number of carbonyl (C=O) groups excluding carboxylic acids is 2. The van der Waals surface area contributed by atoms with Gasteiger partial charge in [0.1, 0.15) is 11.0 Å². The first kappa shape index (κ1) is 22.5. The average molecular weight is 416 g/mol. The number of aromatic nitrogens is 1. The Kier molecular flexibility index (Phi) is 7.40. The maximum Gasteiger partial charge on any atom is 0.471 e. The second kappa shape index (κ2) is 8.89. The van der Waals surface area contributed by atoms with Gasteiger partial charge in [-0.15, -0.1) is 6.58 Å². The molecule has 27 heavy (non-hydrogen) atoms. The Morgan fingerprint density at radius 2 is 1.81 bits per heavy atom. The zero-order valence-corrected chi connectivity index (χ0v) is 14.1. The molecule has 1 aromatic rings. The summed E-state index contributed by atoms with van der Waals surface area (Å²) < 4.78 is 76.3. The van der Waals surface area contributed by atoms with Crippen LogP contribution < -0.4 is 5.32 Å². The van der Waals surface area contributed by atoms with Gasteiger partial charge >= 0.3 is 18.3 Å². The summed E-state index contributed by atoms with van der Waals surface area (Å²) in [5, 5.41) is 2.15. The van der Waals surface area contributed by atoms with Crippen LogP contribution in [-0.4, -0.2) is 40.5 Å². The van der Waals surface area contributed by atoms with E-state index in [2.05, 4.69) is 16.9 Å². The van der Waals surface area contributed by atoms with Gasteiger partial charge in [0.2, 0.25) is 0 Å². The van der Waals surface area contributed by atoms with Gasteiger partial charge in [-0.2, -0.15) is 26.3 Å². The van der Waals surface area contributed by atoms with Crippen molar-refractivity contribution < 1.29 is 35.9 Å². The van der Waals surface area contributed by atoms with Crippen LogP contribution in [-0.2, 0) is 16.1 Å². The number of amides is 1. The molecule has 0 radical (unpaired) electrons. The number of nitrogens with one attached hydrogen (secondary N) is 1. The number of carbonyl (C=O) groups is 2. The first-order valence-corrected chi connectivity index (χ1v) is 7.40. The Bertz CT molecular complexity index is 729. The minimum Gasteiger partial charge on any atom is -0.368 e. The van der Waals surface area contributed by atoms with Gasteiger partial charge in [-0.05, 0) is 11.6 Å². The van der Waals surface area contributed by atoms with E-state index in [0.717, 1.165) is 12.3 Å². The maximum atomic E-state index is 12.9. The first-order chi connectivity index (χ1) is 12.4. The topological polar surface area (TPSA) is 62.3 Å². The molecule has 148 valence electrons. The molecular weight excluding hydrogens is 404 g/mol. The van der Waals surface area contributed by atoms with Crippen molar-refractivity contribution in [2.75, 3.05) is 6.54 Å². The number of rotatable bonds is 7. The molecule has 0 aliphatic carbocycles. The molecule has 0 saturated carbocycles. The number of alkyl halides is 6. The van der Waals surface area contributed by atoms with E-state index in [1.807, 2.05) is 0 Å². The Morgan fingerprint density at radius 1 is 1.19 bits per heavy atom. The highest BCUT2D eigenvalue weighted by atomic mass is 35.5. The lowest BCUT2D eigenvalue weighted by Crippen LogP contribution is -2.44. The summed E-state index contributed by atoms with van der Waals surface area (Å²) in [6.45, 7) is 2.14.